The number of carbonyl (C=O) groups excluding carboxylic acids is 1. The lowest BCUT2D eigenvalue weighted by atomic mass is 9.95. The van der Waals surface area contributed by atoms with Crippen LogP contribution in [-0.4, -0.2) is 31.4 Å². The molecule has 0 saturated carbocycles. The van der Waals surface area contributed by atoms with Gasteiger partial charge in [0.2, 0.25) is 0 Å². The van der Waals surface area contributed by atoms with Crippen LogP contribution in [0.3, 0.4) is 0 Å². The Balaban J connectivity index is 1.97. The van der Waals surface area contributed by atoms with E-state index >= 15 is 0 Å². The second-order valence-electron chi connectivity index (χ2n) is 7.47. The molecule has 0 bridgehead atoms. The summed E-state index contributed by atoms with van der Waals surface area (Å²) in [6.45, 7) is 3.68. The average Bonchev–Trinajstić information content (AvgIpc) is 3.12. The zero-order chi connectivity index (χ0) is 24.4. The van der Waals surface area contributed by atoms with Crippen molar-refractivity contribution in [1.82, 2.24) is 4.57 Å². The maximum absolute atomic E-state index is 13.6. The zero-order valence-corrected chi connectivity index (χ0v) is 20.7. The summed E-state index contributed by atoms with van der Waals surface area (Å²) < 4.78 is 18.2. The Morgan fingerprint density at radius 1 is 1.18 bits per heavy atom. The highest BCUT2D eigenvalue weighted by atomic mass is 35.5. The highest BCUT2D eigenvalue weighted by Crippen LogP contribution is 2.36. The predicted molar refractivity (Wildman–Crippen MR) is 131 cm³/mol. The number of methoxy groups -OCH3 is 2. The Bertz CT molecular complexity index is 1470. The van der Waals surface area contributed by atoms with Gasteiger partial charge in [0.15, 0.2) is 16.3 Å². The van der Waals surface area contributed by atoms with E-state index in [0.717, 1.165) is 5.56 Å². The van der Waals surface area contributed by atoms with Crippen molar-refractivity contribution in [2.24, 2.45) is 4.99 Å². The third-order valence-electron chi connectivity index (χ3n) is 5.39. The van der Waals surface area contributed by atoms with E-state index in [9.17, 15) is 9.59 Å². The molecule has 1 unspecified atom stereocenters. The lowest BCUT2D eigenvalue weighted by Crippen LogP contribution is -2.39. The van der Waals surface area contributed by atoms with E-state index in [1.165, 1.54) is 23.0 Å². The van der Waals surface area contributed by atoms with Gasteiger partial charge in [0.25, 0.3) is 5.56 Å². The van der Waals surface area contributed by atoms with Gasteiger partial charge in [-0.1, -0.05) is 41.1 Å². The SMILES string of the molecule is CCOC(=O)C1=C(C)N=c2s/c(=C\c3cccc(Cl)c3)c(=O)n2C1c1ccc(OC)c(OC)c1. The van der Waals surface area contributed by atoms with Crippen molar-refractivity contribution in [3.8, 4) is 11.5 Å². The standard InChI is InChI=1S/C25H23ClN2O5S/c1-5-33-24(30)21-14(2)27-25-28(22(21)16-9-10-18(31-3)19(13-16)32-4)23(29)20(34-25)12-15-7-6-8-17(26)11-15/h6-13,22H,5H2,1-4H3/b20-12-. The van der Waals surface area contributed by atoms with Crippen molar-refractivity contribution in [2.75, 3.05) is 20.8 Å². The van der Waals surface area contributed by atoms with Crippen molar-refractivity contribution < 1.29 is 19.0 Å². The van der Waals surface area contributed by atoms with E-state index in [-0.39, 0.29) is 12.2 Å². The Morgan fingerprint density at radius 2 is 1.94 bits per heavy atom. The summed E-state index contributed by atoms with van der Waals surface area (Å²) in [5.74, 6) is 0.504. The van der Waals surface area contributed by atoms with Crippen molar-refractivity contribution in [3.05, 3.63) is 89.6 Å². The predicted octanol–water partition coefficient (Wildman–Crippen LogP) is 3.47. The number of ether oxygens (including phenoxy) is 3. The number of hydrogen-bond acceptors (Lipinski definition) is 7. The van der Waals surface area contributed by atoms with E-state index in [2.05, 4.69) is 4.99 Å². The van der Waals surface area contributed by atoms with E-state index in [4.69, 9.17) is 25.8 Å². The Kier molecular flexibility index (Phi) is 6.90. The molecule has 0 saturated heterocycles. The molecule has 0 amide bonds. The highest BCUT2D eigenvalue weighted by molar-refractivity contribution is 7.07. The molecule has 0 spiro atoms. The minimum atomic E-state index is -0.739. The first-order valence-corrected chi connectivity index (χ1v) is 11.7. The number of thiazole rings is 1. The lowest BCUT2D eigenvalue weighted by Gasteiger charge is -2.25. The van der Waals surface area contributed by atoms with Crippen molar-refractivity contribution in [3.63, 3.8) is 0 Å². The molecule has 0 radical (unpaired) electrons. The van der Waals surface area contributed by atoms with Crippen LogP contribution in [0, 0.1) is 0 Å². The maximum atomic E-state index is 13.6. The van der Waals surface area contributed by atoms with Gasteiger partial charge in [-0.25, -0.2) is 9.79 Å². The van der Waals surface area contributed by atoms with Gasteiger partial charge in [-0.3, -0.25) is 9.36 Å². The smallest absolute Gasteiger partial charge is 0.338 e. The summed E-state index contributed by atoms with van der Waals surface area (Å²) in [5.41, 5.74) is 1.99. The second kappa shape index (κ2) is 9.87. The first-order valence-electron chi connectivity index (χ1n) is 10.5. The monoisotopic (exact) mass is 498 g/mol. The average molecular weight is 499 g/mol. The van der Waals surface area contributed by atoms with E-state index in [0.29, 0.717) is 42.7 Å². The lowest BCUT2D eigenvalue weighted by molar-refractivity contribution is -0.139. The molecule has 1 aliphatic heterocycles. The quantitative estimate of drug-likeness (QED) is 0.486. The van der Waals surface area contributed by atoms with Gasteiger partial charge in [0.05, 0.1) is 42.7 Å². The molecule has 4 rings (SSSR count). The number of nitrogens with zero attached hydrogens (tertiary/aromatic N) is 2. The molecular weight excluding hydrogens is 476 g/mol. The fourth-order valence-electron chi connectivity index (χ4n) is 3.88. The van der Waals surface area contributed by atoms with E-state index in [1.54, 1.807) is 57.4 Å². The molecular formula is C25H23ClN2O5S. The molecule has 3 aromatic rings. The number of benzene rings is 2. The molecule has 0 fully saturated rings. The fourth-order valence-corrected chi connectivity index (χ4v) is 5.12. The number of hydrogen-bond donors (Lipinski definition) is 0. The van der Waals surface area contributed by atoms with E-state index in [1.807, 2.05) is 12.1 Å². The first kappa shape index (κ1) is 23.8. The Hall–Kier alpha value is -3.36. The summed E-state index contributed by atoms with van der Waals surface area (Å²) in [7, 11) is 3.08. The van der Waals surface area contributed by atoms with Gasteiger partial charge < -0.3 is 14.2 Å². The van der Waals surface area contributed by atoms with Gasteiger partial charge in [0, 0.05) is 5.02 Å². The number of esters is 1. The number of fused-ring (bicyclic) bond motifs is 1. The summed E-state index contributed by atoms with van der Waals surface area (Å²) >= 11 is 7.37. The van der Waals surface area contributed by atoms with Gasteiger partial charge in [-0.05, 0) is 55.3 Å². The van der Waals surface area contributed by atoms with E-state index < -0.39 is 12.0 Å². The summed E-state index contributed by atoms with van der Waals surface area (Å²) in [6.07, 6.45) is 1.77. The molecule has 0 N–H and O–H groups in total. The van der Waals surface area contributed by atoms with Gasteiger partial charge in [-0.15, -0.1) is 0 Å². The van der Waals surface area contributed by atoms with Crippen LogP contribution in [0.5, 0.6) is 11.5 Å². The number of carbonyl (C=O) groups is 1. The van der Waals surface area contributed by atoms with Gasteiger partial charge >= 0.3 is 5.97 Å². The molecule has 1 aliphatic rings. The molecule has 9 heteroatoms. The number of allylic oxidation sites excluding steroid dienone is 1. The van der Waals surface area contributed by atoms with Crippen LogP contribution in [0.2, 0.25) is 5.02 Å². The minimum Gasteiger partial charge on any atom is -0.493 e. The van der Waals surface area contributed by atoms with Crippen molar-refractivity contribution >= 4 is 35.0 Å². The maximum Gasteiger partial charge on any atom is 0.338 e. The molecule has 7 nitrogen and oxygen atoms in total. The van der Waals surface area contributed by atoms with Crippen molar-refractivity contribution in [1.29, 1.82) is 0 Å². The molecule has 1 aromatic heterocycles. The van der Waals surface area contributed by atoms with Crippen molar-refractivity contribution in [2.45, 2.75) is 19.9 Å². The Morgan fingerprint density at radius 3 is 2.62 bits per heavy atom. The Labute approximate surface area is 205 Å². The van der Waals surface area contributed by atoms with Crippen LogP contribution in [0.1, 0.15) is 31.0 Å². The molecule has 2 heterocycles. The number of rotatable bonds is 6. The minimum absolute atomic E-state index is 0.202. The fraction of sp³-hybridized carbons (Fsp3) is 0.240. The molecule has 34 heavy (non-hydrogen) atoms. The zero-order valence-electron chi connectivity index (χ0n) is 19.1. The third-order valence-corrected chi connectivity index (χ3v) is 6.60. The summed E-state index contributed by atoms with van der Waals surface area (Å²) in [5, 5.41) is 0.574. The number of aromatic nitrogens is 1. The van der Waals surface area contributed by atoms with Gasteiger partial charge in [0.1, 0.15) is 0 Å². The molecule has 1 atom stereocenters. The molecule has 2 aromatic carbocycles. The van der Waals surface area contributed by atoms with Crippen LogP contribution in [0.25, 0.3) is 6.08 Å². The topological polar surface area (TPSA) is 79.1 Å². The van der Waals surface area contributed by atoms with Crippen LogP contribution in [0.15, 0.2) is 63.5 Å². The molecule has 176 valence electrons. The highest BCUT2D eigenvalue weighted by Gasteiger charge is 2.33. The first-order chi connectivity index (χ1) is 16.4. The number of halogens is 1. The van der Waals surface area contributed by atoms with Crippen LogP contribution >= 0.6 is 22.9 Å². The summed E-state index contributed by atoms with van der Waals surface area (Å²) in [4.78, 5) is 31.7. The van der Waals surface area contributed by atoms with Crippen LogP contribution < -0.4 is 24.4 Å². The van der Waals surface area contributed by atoms with Crippen LogP contribution in [-0.2, 0) is 9.53 Å². The second-order valence-corrected chi connectivity index (χ2v) is 8.92. The largest absolute Gasteiger partial charge is 0.493 e. The van der Waals surface area contributed by atoms with Gasteiger partial charge in [-0.2, -0.15) is 0 Å². The summed E-state index contributed by atoms with van der Waals surface area (Å²) in [6, 6.07) is 11.8. The third kappa shape index (κ3) is 4.38. The normalized spacial score (nSPS) is 15.6. The molecule has 0 aliphatic carbocycles. The van der Waals surface area contributed by atoms with Crippen LogP contribution in [0.4, 0.5) is 0 Å².